The normalized spacial score (nSPS) is 34.8. The van der Waals surface area contributed by atoms with E-state index in [-0.39, 0.29) is 17.6 Å². The number of hydrogen-bond donors (Lipinski definition) is 0. The smallest absolute Gasteiger partial charge is 0.236 e. The van der Waals surface area contributed by atoms with Gasteiger partial charge in [0.25, 0.3) is 0 Å². The first-order valence-electron chi connectivity index (χ1n) is 6.06. The average Bonchev–Trinajstić information content (AvgIpc) is 2.49. The molecule has 2 aliphatic rings. The Kier molecular flexibility index (Phi) is 2.87. The first kappa shape index (κ1) is 11.4. The van der Waals surface area contributed by atoms with Crippen LogP contribution < -0.4 is 0 Å². The molecule has 0 radical (unpaired) electrons. The van der Waals surface area contributed by atoms with E-state index in [9.17, 15) is 9.59 Å². The van der Waals surface area contributed by atoms with Crippen molar-refractivity contribution in [2.45, 2.75) is 32.6 Å². The Balaban J connectivity index is 2.29. The fourth-order valence-electron chi connectivity index (χ4n) is 3.17. The first-order chi connectivity index (χ1) is 7.63. The molecule has 2 fully saturated rings. The Labute approximate surface area is 96.5 Å². The lowest BCUT2D eigenvalue weighted by Gasteiger charge is -2.33. The highest BCUT2D eigenvalue weighted by molar-refractivity contribution is 6.08. The van der Waals surface area contributed by atoms with E-state index in [2.05, 4.69) is 6.58 Å². The summed E-state index contributed by atoms with van der Waals surface area (Å²) in [6.07, 6.45) is 5.01. The van der Waals surface area contributed by atoms with Crippen LogP contribution in [-0.2, 0) is 9.59 Å². The van der Waals surface area contributed by atoms with Crippen molar-refractivity contribution >= 4 is 11.7 Å². The van der Waals surface area contributed by atoms with Crippen LogP contribution in [0.5, 0.6) is 0 Å². The zero-order chi connectivity index (χ0) is 11.8. The van der Waals surface area contributed by atoms with Crippen LogP contribution >= 0.6 is 0 Å². The number of carbonyl (C=O) groups is 2. The average molecular weight is 221 g/mol. The molecule has 1 saturated carbocycles. The molecule has 16 heavy (non-hydrogen) atoms. The second-order valence-electron chi connectivity index (χ2n) is 5.00. The highest BCUT2D eigenvalue weighted by Crippen LogP contribution is 2.45. The minimum absolute atomic E-state index is 0.0459. The molecule has 2 rings (SSSR count). The van der Waals surface area contributed by atoms with Gasteiger partial charge in [0.05, 0.1) is 0 Å². The lowest BCUT2D eigenvalue weighted by Crippen LogP contribution is -2.44. The van der Waals surface area contributed by atoms with E-state index in [0.717, 1.165) is 19.3 Å². The molecule has 1 aliphatic heterocycles. The topological polar surface area (TPSA) is 37.4 Å². The minimum atomic E-state index is -0.679. The summed E-state index contributed by atoms with van der Waals surface area (Å²) < 4.78 is 0. The third-order valence-corrected chi connectivity index (χ3v) is 4.08. The van der Waals surface area contributed by atoms with Gasteiger partial charge >= 0.3 is 0 Å². The third kappa shape index (κ3) is 1.41. The summed E-state index contributed by atoms with van der Waals surface area (Å²) in [6, 6.07) is 0. The number of amides is 1. The Morgan fingerprint density at radius 3 is 2.88 bits per heavy atom. The Bertz CT molecular complexity index is 337. The Morgan fingerprint density at radius 2 is 2.25 bits per heavy atom. The predicted molar refractivity (Wildman–Crippen MR) is 61.8 cm³/mol. The summed E-state index contributed by atoms with van der Waals surface area (Å²) >= 11 is 0. The van der Waals surface area contributed by atoms with Crippen molar-refractivity contribution in [3.05, 3.63) is 12.7 Å². The molecule has 2 atom stereocenters. The highest BCUT2D eigenvalue weighted by atomic mass is 16.2. The maximum absolute atomic E-state index is 12.4. The number of ketones is 1. The summed E-state index contributed by atoms with van der Waals surface area (Å²) in [5.41, 5.74) is -0.679. The molecule has 0 aromatic carbocycles. The third-order valence-electron chi connectivity index (χ3n) is 4.08. The van der Waals surface area contributed by atoms with Crippen LogP contribution in [0.25, 0.3) is 0 Å². The van der Waals surface area contributed by atoms with Crippen molar-refractivity contribution in [2.75, 3.05) is 13.1 Å². The van der Waals surface area contributed by atoms with Gasteiger partial charge in [0, 0.05) is 19.5 Å². The van der Waals surface area contributed by atoms with Crippen molar-refractivity contribution in [3.63, 3.8) is 0 Å². The van der Waals surface area contributed by atoms with Gasteiger partial charge in [-0.3, -0.25) is 9.59 Å². The van der Waals surface area contributed by atoms with Gasteiger partial charge in [-0.25, -0.2) is 0 Å². The van der Waals surface area contributed by atoms with Gasteiger partial charge in [-0.05, 0) is 18.8 Å². The molecule has 0 unspecified atom stereocenters. The van der Waals surface area contributed by atoms with Gasteiger partial charge in [-0.1, -0.05) is 19.4 Å². The molecule has 1 aliphatic carbocycles. The van der Waals surface area contributed by atoms with Crippen LogP contribution in [0.15, 0.2) is 12.7 Å². The lowest BCUT2D eigenvalue weighted by molar-refractivity contribution is -0.147. The van der Waals surface area contributed by atoms with Crippen molar-refractivity contribution < 1.29 is 9.59 Å². The van der Waals surface area contributed by atoms with E-state index in [4.69, 9.17) is 0 Å². The van der Waals surface area contributed by atoms with Crippen molar-refractivity contribution in [1.29, 1.82) is 0 Å². The first-order valence-corrected chi connectivity index (χ1v) is 6.06. The van der Waals surface area contributed by atoms with E-state index >= 15 is 0 Å². The molecular weight excluding hydrogens is 202 g/mol. The van der Waals surface area contributed by atoms with Gasteiger partial charge in [-0.15, -0.1) is 6.58 Å². The summed E-state index contributed by atoms with van der Waals surface area (Å²) in [6.45, 7) is 6.96. The fourth-order valence-corrected chi connectivity index (χ4v) is 3.17. The van der Waals surface area contributed by atoms with E-state index in [1.54, 1.807) is 11.0 Å². The van der Waals surface area contributed by atoms with Crippen molar-refractivity contribution in [3.8, 4) is 0 Å². The molecule has 0 bridgehead atoms. The molecule has 1 heterocycles. The number of nitrogens with zero attached hydrogens (tertiary/aromatic N) is 1. The summed E-state index contributed by atoms with van der Waals surface area (Å²) in [4.78, 5) is 26.2. The minimum Gasteiger partial charge on any atom is -0.338 e. The monoisotopic (exact) mass is 221 g/mol. The standard InChI is InChI=1S/C13H19NO2/c1-3-8-14-9-10(2)13(12(14)16)7-5-4-6-11(13)15/h3,10H,1,4-9H2,2H3/t10-,13+/m0/s1. The van der Waals surface area contributed by atoms with Crippen LogP contribution in [0.4, 0.5) is 0 Å². The summed E-state index contributed by atoms with van der Waals surface area (Å²) in [5.74, 6) is 0.375. The molecule has 88 valence electrons. The van der Waals surface area contributed by atoms with Gasteiger partial charge in [0.2, 0.25) is 5.91 Å². The van der Waals surface area contributed by atoms with Crippen molar-refractivity contribution in [2.24, 2.45) is 11.3 Å². The number of likely N-dealkylation sites (tertiary alicyclic amines) is 1. The summed E-state index contributed by atoms with van der Waals surface area (Å²) in [7, 11) is 0. The SMILES string of the molecule is C=CCN1C[C@H](C)[C@@]2(CCCCC2=O)C1=O. The Hall–Kier alpha value is -1.12. The van der Waals surface area contributed by atoms with E-state index in [1.807, 2.05) is 6.92 Å². The van der Waals surface area contributed by atoms with Crippen LogP contribution in [0.1, 0.15) is 32.6 Å². The second-order valence-corrected chi connectivity index (χ2v) is 5.00. The summed E-state index contributed by atoms with van der Waals surface area (Å²) in [5, 5.41) is 0. The van der Waals surface area contributed by atoms with Crippen LogP contribution in [-0.4, -0.2) is 29.7 Å². The predicted octanol–water partition coefficient (Wildman–Crippen LogP) is 1.78. The molecular formula is C13H19NO2. The molecule has 0 N–H and O–H groups in total. The number of carbonyl (C=O) groups excluding carboxylic acids is 2. The molecule has 1 spiro atoms. The molecule has 0 aromatic heterocycles. The van der Waals surface area contributed by atoms with Gasteiger partial charge in [0.15, 0.2) is 0 Å². The number of hydrogen-bond acceptors (Lipinski definition) is 2. The molecule has 3 heteroatoms. The zero-order valence-corrected chi connectivity index (χ0v) is 9.87. The number of Topliss-reactive ketones (excluding diaryl/α,β-unsaturated/α-hetero) is 1. The molecule has 3 nitrogen and oxygen atoms in total. The van der Waals surface area contributed by atoms with Gasteiger partial charge in [-0.2, -0.15) is 0 Å². The fraction of sp³-hybridized carbons (Fsp3) is 0.692. The van der Waals surface area contributed by atoms with E-state index in [1.165, 1.54) is 0 Å². The van der Waals surface area contributed by atoms with Crippen LogP contribution in [0, 0.1) is 11.3 Å². The molecule has 1 saturated heterocycles. The van der Waals surface area contributed by atoms with Gasteiger partial charge in [0.1, 0.15) is 11.2 Å². The van der Waals surface area contributed by atoms with Crippen LogP contribution in [0.2, 0.25) is 0 Å². The second kappa shape index (κ2) is 4.04. The van der Waals surface area contributed by atoms with E-state index in [0.29, 0.717) is 19.5 Å². The van der Waals surface area contributed by atoms with E-state index < -0.39 is 5.41 Å². The maximum atomic E-state index is 12.4. The van der Waals surface area contributed by atoms with Gasteiger partial charge < -0.3 is 4.90 Å². The molecule has 0 aromatic rings. The van der Waals surface area contributed by atoms with Crippen LogP contribution in [0.3, 0.4) is 0 Å². The largest absolute Gasteiger partial charge is 0.338 e. The van der Waals surface area contributed by atoms with Crippen molar-refractivity contribution in [1.82, 2.24) is 4.90 Å². The molecule has 1 amide bonds. The number of rotatable bonds is 2. The maximum Gasteiger partial charge on any atom is 0.236 e. The zero-order valence-electron chi connectivity index (χ0n) is 9.87. The highest BCUT2D eigenvalue weighted by Gasteiger charge is 2.56. The Morgan fingerprint density at radius 1 is 1.50 bits per heavy atom. The quantitative estimate of drug-likeness (QED) is 0.526. The lowest BCUT2D eigenvalue weighted by atomic mass is 9.67.